The molecule has 2 fully saturated rings. The predicted molar refractivity (Wildman–Crippen MR) is 152 cm³/mol. The zero-order valence-electron chi connectivity index (χ0n) is 20.5. The number of carbonyl (C=O) groups is 1. The van der Waals surface area contributed by atoms with Crippen LogP contribution in [-0.2, 0) is 4.79 Å². The zero-order valence-corrected chi connectivity index (χ0v) is 22.1. The van der Waals surface area contributed by atoms with Crippen molar-refractivity contribution < 1.29 is 4.79 Å². The maximum atomic E-state index is 13.6. The van der Waals surface area contributed by atoms with Crippen LogP contribution in [0.25, 0.3) is 11.7 Å². The Labute approximate surface area is 220 Å². The second kappa shape index (κ2) is 10.4. The molecule has 36 heavy (non-hydrogen) atoms. The summed E-state index contributed by atoms with van der Waals surface area (Å²) in [6, 6.07) is 15.9. The average molecular weight is 520 g/mol. The first-order valence-corrected chi connectivity index (χ1v) is 13.5. The van der Waals surface area contributed by atoms with Gasteiger partial charge in [-0.25, -0.2) is 4.98 Å². The van der Waals surface area contributed by atoms with E-state index in [1.54, 1.807) is 17.2 Å². The van der Waals surface area contributed by atoms with Gasteiger partial charge < -0.3 is 9.80 Å². The summed E-state index contributed by atoms with van der Waals surface area (Å²) in [5, 5.41) is 0. The van der Waals surface area contributed by atoms with Crippen molar-refractivity contribution in [1.29, 1.82) is 0 Å². The molecule has 2 aromatic heterocycles. The summed E-state index contributed by atoms with van der Waals surface area (Å²) < 4.78 is 2.08. The van der Waals surface area contributed by atoms with Crippen LogP contribution in [0.1, 0.15) is 25.8 Å². The van der Waals surface area contributed by atoms with Crippen molar-refractivity contribution in [3.63, 3.8) is 0 Å². The Morgan fingerprint density at radius 1 is 1.00 bits per heavy atom. The lowest BCUT2D eigenvalue weighted by Gasteiger charge is -2.37. The van der Waals surface area contributed by atoms with Crippen molar-refractivity contribution in [3.05, 3.63) is 75.6 Å². The topological polar surface area (TPSA) is 61.2 Å². The van der Waals surface area contributed by atoms with E-state index < -0.39 is 0 Å². The lowest BCUT2D eigenvalue weighted by molar-refractivity contribution is -0.122. The monoisotopic (exact) mass is 519 g/mol. The number of anilines is 2. The van der Waals surface area contributed by atoms with E-state index in [9.17, 15) is 9.59 Å². The van der Waals surface area contributed by atoms with Gasteiger partial charge in [0.2, 0.25) is 0 Å². The summed E-state index contributed by atoms with van der Waals surface area (Å²) in [5.74, 6) is 0.948. The highest BCUT2D eigenvalue weighted by Gasteiger charge is 2.33. The fourth-order valence-electron chi connectivity index (χ4n) is 4.48. The first-order valence-electron chi connectivity index (χ1n) is 12.2. The lowest BCUT2D eigenvalue weighted by Crippen LogP contribution is -2.47. The van der Waals surface area contributed by atoms with Crippen molar-refractivity contribution >= 4 is 57.4 Å². The van der Waals surface area contributed by atoms with Gasteiger partial charge in [-0.15, -0.1) is 0 Å². The Morgan fingerprint density at radius 3 is 2.42 bits per heavy atom. The number of piperazine rings is 1. The largest absolute Gasteiger partial charge is 0.368 e. The number of amides is 1. The van der Waals surface area contributed by atoms with Gasteiger partial charge in [-0.2, -0.15) is 0 Å². The highest BCUT2D eigenvalue weighted by Crippen LogP contribution is 2.34. The number of nitrogens with zero attached hydrogens (tertiary/aromatic N) is 5. The van der Waals surface area contributed by atoms with E-state index in [1.807, 2.05) is 36.4 Å². The molecule has 9 heteroatoms. The molecule has 2 saturated heterocycles. The van der Waals surface area contributed by atoms with Crippen LogP contribution in [0.5, 0.6) is 0 Å². The highest BCUT2D eigenvalue weighted by atomic mass is 32.2. The van der Waals surface area contributed by atoms with Crippen molar-refractivity contribution in [2.24, 2.45) is 5.92 Å². The van der Waals surface area contributed by atoms with E-state index in [-0.39, 0.29) is 11.5 Å². The minimum absolute atomic E-state index is 0.136. The van der Waals surface area contributed by atoms with E-state index in [0.29, 0.717) is 38.7 Å². The number of thioether (sulfide) groups is 1. The number of benzene rings is 1. The lowest BCUT2D eigenvalue weighted by atomic mass is 10.1. The van der Waals surface area contributed by atoms with Crippen molar-refractivity contribution in [3.8, 4) is 0 Å². The van der Waals surface area contributed by atoms with Gasteiger partial charge >= 0.3 is 0 Å². The van der Waals surface area contributed by atoms with Crippen LogP contribution in [-0.4, -0.2) is 57.2 Å². The molecule has 7 nitrogen and oxygen atoms in total. The van der Waals surface area contributed by atoms with Crippen LogP contribution in [0, 0.1) is 5.92 Å². The third-order valence-corrected chi connectivity index (χ3v) is 7.91. The van der Waals surface area contributed by atoms with Crippen LogP contribution in [0.3, 0.4) is 0 Å². The predicted octanol–water partition coefficient (Wildman–Crippen LogP) is 4.27. The molecule has 0 bridgehead atoms. The van der Waals surface area contributed by atoms with Crippen LogP contribution in [0.15, 0.2) is 64.4 Å². The number of hydrogen-bond acceptors (Lipinski definition) is 7. The molecular formula is C27H29N5O2S2. The summed E-state index contributed by atoms with van der Waals surface area (Å²) in [5.41, 5.74) is 2.02. The summed E-state index contributed by atoms with van der Waals surface area (Å²) >= 11 is 6.76. The first-order chi connectivity index (χ1) is 17.4. The fraction of sp³-hybridized carbons (Fsp3) is 0.333. The third-order valence-electron chi connectivity index (χ3n) is 6.53. The van der Waals surface area contributed by atoms with E-state index in [2.05, 4.69) is 35.8 Å². The Balaban J connectivity index is 1.49. The van der Waals surface area contributed by atoms with Crippen molar-refractivity contribution in [1.82, 2.24) is 14.3 Å². The van der Waals surface area contributed by atoms with Gasteiger partial charge in [0.1, 0.15) is 15.8 Å². The average Bonchev–Trinajstić information content (AvgIpc) is 3.16. The second-order valence-electron chi connectivity index (χ2n) is 9.41. The number of aromatic nitrogens is 2. The molecule has 0 spiro atoms. The summed E-state index contributed by atoms with van der Waals surface area (Å²) in [4.78, 5) is 38.3. The number of carbonyl (C=O) groups excluding carboxylic acids is 1. The van der Waals surface area contributed by atoms with Crippen molar-refractivity contribution in [2.75, 3.05) is 42.5 Å². The van der Waals surface area contributed by atoms with Crippen LogP contribution in [0.4, 0.5) is 11.5 Å². The van der Waals surface area contributed by atoms with E-state index in [0.717, 1.165) is 32.6 Å². The van der Waals surface area contributed by atoms with Gasteiger partial charge in [-0.05, 0) is 42.7 Å². The minimum Gasteiger partial charge on any atom is -0.368 e. The smallest absolute Gasteiger partial charge is 0.267 e. The minimum atomic E-state index is -0.187. The quantitative estimate of drug-likeness (QED) is 0.356. The summed E-state index contributed by atoms with van der Waals surface area (Å²) in [6.07, 6.45) is 4.28. The number of para-hydroxylation sites is 1. The van der Waals surface area contributed by atoms with Crippen LogP contribution in [0.2, 0.25) is 0 Å². The van der Waals surface area contributed by atoms with Gasteiger partial charge in [0.25, 0.3) is 11.5 Å². The number of pyridine rings is 1. The summed E-state index contributed by atoms with van der Waals surface area (Å²) in [6.45, 7) is 7.91. The molecular weight excluding hydrogens is 490 g/mol. The highest BCUT2D eigenvalue weighted by molar-refractivity contribution is 8.26. The molecule has 0 unspecified atom stereocenters. The Hall–Kier alpha value is -3.17. The first kappa shape index (κ1) is 24.5. The Bertz CT molecular complexity index is 1380. The number of fused-ring (bicyclic) bond motifs is 1. The van der Waals surface area contributed by atoms with Gasteiger partial charge in [-0.1, -0.05) is 62.1 Å². The maximum absolute atomic E-state index is 13.6. The molecule has 0 N–H and O–H groups in total. The van der Waals surface area contributed by atoms with Crippen LogP contribution >= 0.6 is 24.0 Å². The van der Waals surface area contributed by atoms with Gasteiger partial charge in [-0.3, -0.25) is 18.9 Å². The molecule has 1 amide bonds. The van der Waals surface area contributed by atoms with Crippen molar-refractivity contribution in [2.45, 2.75) is 20.3 Å². The zero-order chi connectivity index (χ0) is 25.2. The molecule has 0 saturated carbocycles. The van der Waals surface area contributed by atoms with Gasteiger partial charge in [0.05, 0.1) is 10.5 Å². The summed E-state index contributed by atoms with van der Waals surface area (Å²) in [7, 11) is 0. The molecule has 186 valence electrons. The number of thiocarbonyl (C=S) groups is 1. The van der Waals surface area contributed by atoms with E-state index in [1.165, 1.54) is 21.8 Å². The van der Waals surface area contributed by atoms with E-state index >= 15 is 0 Å². The van der Waals surface area contributed by atoms with E-state index in [4.69, 9.17) is 17.2 Å². The molecule has 2 aliphatic rings. The Kier molecular flexibility index (Phi) is 7.11. The normalized spacial score (nSPS) is 17.8. The molecule has 4 heterocycles. The fourth-order valence-corrected chi connectivity index (χ4v) is 5.78. The molecule has 0 atom stereocenters. The number of hydrogen-bond donors (Lipinski definition) is 0. The van der Waals surface area contributed by atoms with Gasteiger partial charge in [0, 0.05) is 44.6 Å². The van der Waals surface area contributed by atoms with Crippen LogP contribution < -0.4 is 15.4 Å². The molecule has 0 radical (unpaired) electrons. The SMILES string of the molecule is CC(C)CCN1C(=O)C(=Cc2c(N3CCN(c4ccccc4)CC3)nc3ccccn3c2=O)SC1=S. The number of rotatable bonds is 6. The maximum Gasteiger partial charge on any atom is 0.267 e. The molecule has 3 aromatic rings. The third kappa shape index (κ3) is 4.90. The molecule has 2 aliphatic heterocycles. The van der Waals surface area contributed by atoms with Gasteiger partial charge in [0.15, 0.2) is 0 Å². The molecule has 5 rings (SSSR count). The molecule has 0 aliphatic carbocycles. The molecule has 1 aromatic carbocycles. The standard InChI is InChI=1S/C27H29N5O2S2/c1-19(2)11-13-32-26(34)22(36-27(32)35)18-21-24(28-23-10-6-7-12-31(23)25(21)33)30-16-14-29(15-17-30)20-8-4-3-5-9-20/h3-10,12,18-19H,11,13-17H2,1-2H3. The second-order valence-corrected chi connectivity index (χ2v) is 11.1. The Morgan fingerprint density at radius 2 is 1.69 bits per heavy atom.